The summed E-state index contributed by atoms with van der Waals surface area (Å²) in [5.41, 5.74) is 0. The van der Waals surface area contributed by atoms with Gasteiger partial charge in [0.15, 0.2) is 0 Å². The molecule has 7 N–H and O–H groups in total. The van der Waals surface area contributed by atoms with Crippen molar-refractivity contribution in [3.05, 3.63) is 0 Å². The molecule has 0 aliphatic carbocycles. The minimum atomic E-state index is 0.542. The van der Waals surface area contributed by atoms with Crippen LogP contribution in [0, 0.1) is 0 Å². The van der Waals surface area contributed by atoms with E-state index in [-0.39, 0.29) is 0 Å². The average Bonchev–Trinajstić information content (AvgIpc) is 2.26. The summed E-state index contributed by atoms with van der Waals surface area (Å²) in [5, 5.41) is 9.62. The molecule has 0 fully saturated rings. The van der Waals surface area contributed by atoms with Crippen molar-refractivity contribution in [2.45, 2.75) is 0 Å². The molecule has 0 atom stereocenters. The van der Waals surface area contributed by atoms with Crippen molar-refractivity contribution >= 4 is 0 Å². The predicted molar refractivity (Wildman–Crippen MR) is 58.9 cm³/mol. The molecule has 0 bridgehead atoms. The van der Waals surface area contributed by atoms with Crippen LogP contribution in [0.1, 0.15) is 0 Å². The van der Waals surface area contributed by atoms with E-state index in [1.165, 1.54) is 0 Å². The minimum Gasteiger partial charge on any atom is -0.314 e. The SMILES string of the molecule is NOCCNCCNCCNCCON. The predicted octanol–water partition coefficient (Wildman–Crippen LogP) is -2.46. The van der Waals surface area contributed by atoms with E-state index in [1.807, 2.05) is 0 Å². The van der Waals surface area contributed by atoms with E-state index < -0.39 is 0 Å². The van der Waals surface area contributed by atoms with Crippen LogP contribution in [-0.4, -0.2) is 52.5 Å². The minimum absolute atomic E-state index is 0.542. The monoisotopic (exact) mass is 221 g/mol. The Morgan fingerprint density at radius 2 is 0.933 bits per heavy atom. The van der Waals surface area contributed by atoms with Gasteiger partial charge in [0, 0.05) is 39.3 Å². The number of rotatable bonds is 12. The topological polar surface area (TPSA) is 107 Å². The van der Waals surface area contributed by atoms with Crippen molar-refractivity contribution in [2.75, 3.05) is 52.5 Å². The Bertz CT molecular complexity index is 105. The van der Waals surface area contributed by atoms with Gasteiger partial charge in [0.1, 0.15) is 0 Å². The summed E-state index contributed by atoms with van der Waals surface area (Å²) in [4.78, 5) is 8.82. The number of nitrogens with one attached hydrogen (secondary N) is 3. The lowest BCUT2D eigenvalue weighted by Crippen LogP contribution is -2.34. The lowest BCUT2D eigenvalue weighted by Gasteiger charge is -2.06. The summed E-state index contributed by atoms with van der Waals surface area (Å²) in [7, 11) is 0. The molecule has 0 saturated carbocycles. The molecular formula is C8H23N5O2. The van der Waals surface area contributed by atoms with E-state index in [1.54, 1.807) is 0 Å². The smallest absolute Gasteiger partial charge is 0.0803 e. The molecule has 0 saturated heterocycles. The van der Waals surface area contributed by atoms with Crippen molar-refractivity contribution in [3.63, 3.8) is 0 Å². The molecule has 0 heterocycles. The molecule has 0 aromatic rings. The molecule has 15 heavy (non-hydrogen) atoms. The van der Waals surface area contributed by atoms with E-state index in [0.717, 1.165) is 39.3 Å². The van der Waals surface area contributed by atoms with Crippen molar-refractivity contribution in [1.29, 1.82) is 0 Å². The number of hydrogen-bond donors (Lipinski definition) is 5. The normalized spacial score (nSPS) is 10.8. The second-order valence-corrected chi connectivity index (χ2v) is 2.99. The maximum Gasteiger partial charge on any atom is 0.0803 e. The molecule has 0 aromatic carbocycles. The Kier molecular flexibility index (Phi) is 13.5. The first-order chi connectivity index (χ1) is 7.41. The first kappa shape index (κ1) is 14.7. The van der Waals surface area contributed by atoms with Crippen molar-refractivity contribution in [3.8, 4) is 0 Å². The molecule has 0 aliphatic heterocycles. The van der Waals surface area contributed by atoms with Crippen LogP contribution in [0.15, 0.2) is 0 Å². The molecule has 0 aromatic heterocycles. The Morgan fingerprint density at radius 1 is 0.600 bits per heavy atom. The second-order valence-electron chi connectivity index (χ2n) is 2.99. The maximum absolute atomic E-state index is 4.87. The van der Waals surface area contributed by atoms with Crippen molar-refractivity contribution in [2.24, 2.45) is 11.8 Å². The van der Waals surface area contributed by atoms with Gasteiger partial charge >= 0.3 is 0 Å². The lowest BCUT2D eigenvalue weighted by atomic mass is 10.5. The van der Waals surface area contributed by atoms with Gasteiger partial charge in [0.25, 0.3) is 0 Å². The molecule has 7 heteroatoms. The third-order valence-corrected chi connectivity index (χ3v) is 1.75. The molecule has 0 rings (SSSR count). The van der Waals surface area contributed by atoms with E-state index in [4.69, 9.17) is 11.8 Å². The van der Waals surface area contributed by atoms with Gasteiger partial charge in [-0.2, -0.15) is 0 Å². The van der Waals surface area contributed by atoms with E-state index in [0.29, 0.717) is 13.2 Å². The molecule has 0 unspecified atom stereocenters. The molecule has 0 radical (unpaired) electrons. The molecule has 92 valence electrons. The number of hydrogen-bond acceptors (Lipinski definition) is 7. The van der Waals surface area contributed by atoms with Gasteiger partial charge in [-0.1, -0.05) is 0 Å². The molecule has 7 nitrogen and oxygen atoms in total. The zero-order valence-electron chi connectivity index (χ0n) is 9.13. The van der Waals surface area contributed by atoms with Crippen LogP contribution < -0.4 is 27.7 Å². The molecule has 0 aliphatic rings. The van der Waals surface area contributed by atoms with Gasteiger partial charge in [-0.05, 0) is 0 Å². The highest BCUT2D eigenvalue weighted by atomic mass is 16.6. The summed E-state index contributed by atoms with van der Waals surface area (Å²) < 4.78 is 0. The van der Waals surface area contributed by atoms with E-state index >= 15 is 0 Å². The fraction of sp³-hybridized carbons (Fsp3) is 1.00. The summed E-state index contributed by atoms with van der Waals surface area (Å²) in [6.45, 7) is 6.33. The quantitative estimate of drug-likeness (QED) is 0.184. The van der Waals surface area contributed by atoms with Crippen LogP contribution in [0.3, 0.4) is 0 Å². The Hall–Kier alpha value is -0.280. The molecular weight excluding hydrogens is 198 g/mol. The maximum atomic E-state index is 4.87. The van der Waals surface area contributed by atoms with Crippen LogP contribution in [0.25, 0.3) is 0 Å². The van der Waals surface area contributed by atoms with Crippen LogP contribution in [0.5, 0.6) is 0 Å². The summed E-state index contributed by atoms with van der Waals surface area (Å²) in [5.74, 6) is 9.73. The van der Waals surface area contributed by atoms with Crippen LogP contribution in [0.2, 0.25) is 0 Å². The lowest BCUT2D eigenvalue weighted by molar-refractivity contribution is 0.139. The largest absolute Gasteiger partial charge is 0.314 e. The highest BCUT2D eigenvalue weighted by molar-refractivity contribution is 4.54. The van der Waals surface area contributed by atoms with Crippen LogP contribution in [0.4, 0.5) is 0 Å². The van der Waals surface area contributed by atoms with Gasteiger partial charge in [0.2, 0.25) is 0 Å². The van der Waals surface area contributed by atoms with Gasteiger partial charge in [-0.3, -0.25) is 0 Å². The number of nitrogens with two attached hydrogens (primary N) is 2. The summed E-state index contributed by atoms with van der Waals surface area (Å²) in [6.07, 6.45) is 0. The summed E-state index contributed by atoms with van der Waals surface area (Å²) >= 11 is 0. The standard InChI is InChI=1S/C8H23N5O2/c9-14-7-5-12-3-1-11-2-4-13-6-8-15-10/h11-13H,1-10H2. The fourth-order valence-corrected chi connectivity index (χ4v) is 0.991. The third-order valence-electron chi connectivity index (χ3n) is 1.75. The van der Waals surface area contributed by atoms with Crippen LogP contribution in [-0.2, 0) is 9.68 Å². The molecule has 0 spiro atoms. The van der Waals surface area contributed by atoms with Crippen molar-refractivity contribution < 1.29 is 9.68 Å². The fourth-order valence-electron chi connectivity index (χ4n) is 0.991. The highest BCUT2D eigenvalue weighted by Crippen LogP contribution is 1.64. The van der Waals surface area contributed by atoms with Crippen LogP contribution >= 0.6 is 0 Å². The first-order valence-corrected chi connectivity index (χ1v) is 5.17. The van der Waals surface area contributed by atoms with E-state index in [2.05, 4.69) is 25.6 Å². The van der Waals surface area contributed by atoms with E-state index in [9.17, 15) is 0 Å². The molecule has 0 amide bonds. The Morgan fingerprint density at radius 3 is 1.27 bits per heavy atom. The first-order valence-electron chi connectivity index (χ1n) is 5.17. The zero-order valence-corrected chi connectivity index (χ0v) is 9.13. The van der Waals surface area contributed by atoms with Gasteiger partial charge in [-0.15, -0.1) is 0 Å². The average molecular weight is 221 g/mol. The van der Waals surface area contributed by atoms with Gasteiger partial charge in [0.05, 0.1) is 13.2 Å². The highest BCUT2D eigenvalue weighted by Gasteiger charge is 1.89. The second kappa shape index (κ2) is 13.7. The zero-order chi connectivity index (χ0) is 11.2. The van der Waals surface area contributed by atoms with Gasteiger partial charge < -0.3 is 25.6 Å². The summed E-state index contributed by atoms with van der Waals surface area (Å²) in [6, 6.07) is 0. The Balaban J connectivity index is 2.81. The van der Waals surface area contributed by atoms with Crippen molar-refractivity contribution in [1.82, 2.24) is 16.0 Å². The van der Waals surface area contributed by atoms with Gasteiger partial charge in [-0.25, -0.2) is 11.8 Å². The Labute approximate surface area is 90.8 Å². The third kappa shape index (κ3) is 13.7.